The molecule has 1 amide bonds. The van der Waals surface area contributed by atoms with Crippen LogP contribution in [0.15, 0.2) is 54.6 Å². The van der Waals surface area contributed by atoms with Gasteiger partial charge in [-0.2, -0.15) is 0 Å². The second-order valence-electron chi connectivity index (χ2n) is 5.48. The van der Waals surface area contributed by atoms with E-state index in [1.165, 1.54) is 0 Å². The van der Waals surface area contributed by atoms with Gasteiger partial charge in [0.15, 0.2) is 0 Å². The van der Waals surface area contributed by atoms with E-state index in [1.807, 2.05) is 41.3 Å². The van der Waals surface area contributed by atoms with Gasteiger partial charge in [-0.05, 0) is 31.0 Å². The van der Waals surface area contributed by atoms with Crippen LogP contribution in [-0.2, 0) is 12.1 Å². The first-order valence-electron chi connectivity index (χ1n) is 6.56. The van der Waals surface area contributed by atoms with Crippen molar-refractivity contribution in [1.29, 1.82) is 0 Å². The second-order valence-corrected chi connectivity index (χ2v) is 5.48. The zero-order valence-corrected chi connectivity index (χ0v) is 11.3. The fourth-order valence-corrected chi connectivity index (χ4v) is 2.78. The molecule has 2 nitrogen and oxygen atoms in total. The van der Waals surface area contributed by atoms with Gasteiger partial charge in [0, 0.05) is 12.1 Å². The molecule has 1 aliphatic heterocycles. The number of hydrogen-bond acceptors (Lipinski definition) is 1. The molecule has 0 saturated heterocycles. The zero-order chi connectivity index (χ0) is 13.5. The third-order valence-electron chi connectivity index (χ3n) is 3.92. The molecular formula is C17H17NO. The van der Waals surface area contributed by atoms with Crippen molar-refractivity contribution in [2.24, 2.45) is 0 Å². The molecule has 1 aliphatic rings. The van der Waals surface area contributed by atoms with Crippen LogP contribution in [0.25, 0.3) is 0 Å². The summed E-state index contributed by atoms with van der Waals surface area (Å²) in [5.74, 6) is 0.129. The monoisotopic (exact) mass is 251 g/mol. The highest BCUT2D eigenvalue weighted by atomic mass is 16.2. The molecule has 2 aromatic carbocycles. The predicted octanol–water partition coefficient (Wildman–Crippen LogP) is 3.58. The van der Waals surface area contributed by atoms with Gasteiger partial charge in [0.1, 0.15) is 0 Å². The Labute approximate surface area is 113 Å². The number of carbonyl (C=O) groups is 1. The number of carbonyl (C=O) groups excluding carboxylic acids is 1. The Kier molecular flexibility index (Phi) is 2.67. The molecule has 0 unspecified atom stereocenters. The van der Waals surface area contributed by atoms with Crippen molar-refractivity contribution < 1.29 is 4.79 Å². The predicted molar refractivity (Wildman–Crippen MR) is 75.8 cm³/mol. The Morgan fingerprint density at radius 3 is 2.26 bits per heavy atom. The van der Waals surface area contributed by atoms with Gasteiger partial charge < -0.3 is 4.90 Å². The molecule has 0 spiro atoms. The van der Waals surface area contributed by atoms with Crippen LogP contribution in [0.5, 0.6) is 0 Å². The molecule has 0 aromatic heterocycles. The maximum absolute atomic E-state index is 12.5. The quantitative estimate of drug-likeness (QED) is 0.799. The fraction of sp³-hybridized carbons (Fsp3) is 0.235. The third kappa shape index (κ3) is 1.84. The highest BCUT2D eigenvalue weighted by Gasteiger charge is 2.42. The average Bonchev–Trinajstić information content (AvgIpc) is 2.62. The van der Waals surface area contributed by atoms with Crippen LogP contribution >= 0.6 is 0 Å². The lowest BCUT2D eigenvalue weighted by molar-refractivity contribution is 0.0595. The van der Waals surface area contributed by atoms with E-state index in [2.05, 4.69) is 32.0 Å². The standard InChI is InChI=1S/C17H17NO/c1-17(2)15-11-7-6-10-14(15)16(19)18(17)12-13-8-4-3-5-9-13/h3-11H,12H2,1-2H3. The van der Waals surface area contributed by atoms with Crippen LogP contribution in [-0.4, -0.2) is 10.8 Å². The van der Waals surface area contributed by atoms with Crippen LogP contribution in [0.2, 0.25) is 0 Å². The topological polar surface area (TPSA) is 20.3 Å². The number of rotatable bonds is 2. The first-order valence-corrected chi connectivity index (χ1v) is 6.56. The van der Waals surface area contributed by atoms with Gasteiger partial charge in [-0.25, -0.2) is 0 Å². The second kappa shape index (κ2) is 4.23. The molecule has 0 atom stereocenters. The Morgan fingerprint density at radius 1 is 0.947 bits per heavy atom. The molecule has 0 bridgehead atoms. The Bertz CT molecular complexity index is 616. The molecular weight excluding hydrogens is 234 g/mol. The lowest BCUT2D eigenvalue weighted by atomic mass is 9.93. The molecule has 0 saturated carbocycles. The van der Waals surface area contributed by atoms with E-state index >= 15 is 0 Å². The number of amides is 1. The summed E-state index contributed by atoms with van der Waals surface area (Å²) in [6, 6.07) is 18.0. The van der Waals surface area contributed by atoms with E-state index in [4.69, 9.17) is 0 Å². The van der Waals surface area contributed by atoms with Gasteiger partial charge in [0.05, 0.1) is 5.54 Å². The summed E-state index contributed by atoms with van der Waals surface area (Å²) in [5.41, 5.74) is 2.87. The minimum absolute atomic E-state index is 0.129. The van der Waals surface area contributed by atoms with Gasteiger partial charge in [-0.1, -0.05) is 48.5 Å². The highest BCUT2D eigenvalue weighted by Crippen LogP contribution is 2.39. The van der Waals surface area contributed by atoms with Crippen molar-refractivity contribution in [2.75, 3.05) is 0 Å². The molecule has 1 heterocycles. The normalized spacial score (nSPS) is 16.5. The SMILES string of the molecule is CC1(C)c2ccccc2C(=O)N1Cc1ccccc1. The molecule has 0 N–H and O–H groups in total. The molecule has 0 fully saturated rings. The van der Waals surface area contributed by atoms with Crippen LogP contribution in [0.1, 0.15) is 35.3 Å². The molecule has 19 heavy (non-hydrogen) atoms. The van der Waals surface area contributed by atoms with Gasteiger partial charge in [0.25, 0.3) is 5.91 Å². The number of hydrogen-bond donors (Lipinski definition) is 0. The molecule has 2 heteroatoms. The first kappa shape index (κ1) is 12.0. The molecule has 0 aliphatic carbocycles. The van der Waals surface area contributed by atoms with Crippen molar-refractivity contribution in [1.82, 2.24) is 4.90 Å². The summed E-state index contributed by atoms with van der Waals surface area (Å²) in [6.07, 6.45) is 0. The Balaban J connectivity index is 1.99. The van der Waals surface area contributed by atoms with E-state index in [0.29, 0.717) is 6.54 Å². The maximum Gasteiger partial charge on any atom is 0.255 e. The van der Waals surface area contributed by atoms with Crippen molar-refractivity contribution in [3.63, 3.8) is 0 Å². The Morgan fingerprint density at radius 2 is 1.58 bits per heavy atom. The Hall–Kier alpha value is -2.09. The third-order valence-corrected chi connectivity index (χ3v) is 3.92. The van der Waals surface area contributed by atoms with Crippen LogP contribution in [0.4, 0.5) is 0 Å². The molecule has 0 radical (unpaired) electrons. The lowest BCUT2D eigenvalue weighted by Gasteiger charge is -2.32. The molecule has 2 aromatic rings. The average molecular weight is 251 g/mol. The van der Waals surface area contributed by atoms with Gasteiger partial charge in [-0.3, -0.25) is 4.79 Å². The van der Waals surface area contributed by atoms with E-state index < -0.39 is 0 Å². The summed E-state index contributed by atoms with van der Waals surface area (Å²) >= 11 is 0. The van der Waals surface area contributed by atoms with Crippen molar-refractivity contribution in [3.8, 4) is 0 Å². The highest BCUT2D eigenvalue weighted by molar-refractivity contribution is 5.99. The zero-order valence-electron chi connectivity index (χ0n) is 11.3. The summed E-state index contributed by atoms with van der Waals surface area (Å²) in [4.78, 5) is 14.5. The molecule has 96 valence electrons. The summed E-state index contributed by atoms with van der Waals surface area (Å²) in [5, 5.41) is 0. The lowest BCUT2D eigenvalue weighted by Crippen LogP contribution is -2.38. The maximum atomic E-state index is 12.5. The minimum atomic E-state index is -0.247. The van der Waals surface area contributed by atoms with E-state index in [1.54, 1.807) is 0 Å². The molecule has 3 rings (SSSR count). The number of fused-ring (bicyclic) bond motifs is 1. The van der Waals surface area contributed by atoms with Crippen molar-refractivity contribution >= 4 is 5.91 Å². The first-order chi connectivity index (χ1) is 9.10. The smallest absolute Gasteiger partial charge is 0.255 e. The van der Waals surface area contributed by atoms with Crippen LogP contribution in [0.3, 0.4) is 0 Å². The fourth-order valence-electron chi connectivity index (χ4n) is 2.78. The summed E-state index contributed by atoms with van der Waals surface area (Å²) in [6.45, 7) is 4.88. The number of benzene rings is 2. The largest absolute Gasteiger partial charge is 0.325 e. The van der Waals surface area contributed by atoms with Gasteiger partial charge in [-0.15, -0.1) is 0 Å². The van der Waals surface area contributed by atoms with E-state index in [0.717, 1.165) is 16.7 Å². The van der Waals surface area contributed by atoms with Crippen molar-refractivity contribution in [2.45, 2.75) is 25.9 Å². The minimum Gasteiger partial charge on any atom is -0.325 e. The van der Waals surface area contributed by atoms with E-state index in [9.17, 15) is 4.79 Å². The van der Waals surface area contributed by atoms with Crippen molar-refractivity contribution in [3.05, 3.63) is 71.3 Å². The van der Waals surface area contributed by atoms with Gasteiger partial charge >= 0.3 is 0 Å². The number of nitrogens with zero attached hydrogens (tertiary/aromatic N) is 1. The van der Waals surface area contributed by atoms with E-state index in [-0.39, 0.29) is 11.4 Å². The van der Waals surface area contributed by atoms with Gasteiger partial charge in [0.2, 0.25) is 0 Å². The summed E-state index contributed by atoms with van der Waals surface area (Å²) < 4.78 is 0. The van der Waals surface area contributed by atoms with Crippen LogP contribution in [0, 0.1) is 0 Å². The summed E-state index contributed by atoms with van der Waals surface area (Å²) in [7, 11) is 0. The van der Waals surface area contributed by atoms with Crippen LogP contribution < -0.4 is 0 Å².